The van der Waals surface area contributed by atoms with E-state index in [0.717, 1.165) is 49.6 Å². The quantitative estimate of drug-likeness (QED) is 0.899. The van der Waals surface area contributed by atoms with Crippen LogP contribution >= 0.6 is 0 Å². The van der Waals surface area contributed by atoms with Crippen LogP contribution in [0.15, 0.2) is 10.5 Å². The van der Waals surface area contributed by atoms with E-state index >= 15 is 0 Å². The monoisotopic (exact) mass is 259 g/mol. The summed E-state index contributed by atoms with van der Waals surface area (Å²) in [5.74, 6) is 0.829. The average Bonchev–Trinajstić information content (AvgIpc) is 2.83. The first kappa shape index (κ1) is 12.5. The average molecular weight is 259 g/mol. The van der Waals surface area contributed by atoms with Crippen LogP contribution in [0, 0.1) is 13.8 Å². The number of aryl methyl sites for hydroxylation is 3. The van der Waals surface area contributed by atoms with E-state index in [1.54, 1.807) is 0 Å². The van der Waals surface area contributed by atoms with Crippen molar-refractivity contribution in [1.82, 2.24) is 10.3 Å². The van der Waals surface area contributed by atoms with Crippen LogP contribution in [-0.2, 0) is 6.42 Å². The van der Waals surface area contributed by atoms with Gasteiger partial charge in [0.1, 0.15) is 5.52 Å². The van der Waals surface area contributed by atoms with Crippen LogP contribution in [0.3, 0.4) is 0 Å². The number of hydrogen-bond donors (Lipinski definition) is 1. The Bertz CT molecular complexity index is 597. The Labute approximate surface area is 113 Å². The van der Waals surface area contributed by atoms with Crippen LogP contribution in [0.5, 0.6) is 0 Å². The molecule has 1 N–H and O–H groups in total. The highest BCUT2D eigenvalue weighted by molar-refractivity contribution is 5.85. The molecule has 1 aromatic carbocycles. The summed E-state index contributed by atoms with van der Waals surface area (Å²) in [6, 6.07) is 2.13. The highest BCUT2D eigenvalue weighted by Gasteiger charge is 2.19. The van der Waals surface area contributed by atoms with Crippen molar-refractivity contribution in [3.8, 4) is 0 Å². The zero-order valence-corrected chi connectivity index (χ0v) is 11.9. The van der Waals surface area contributed by atoms with Crippen LogP contribution < -0.4 is 10.2 Å². The van der Waals surface area contributed by atoms with Crippen molar-refractivity contribution in [2.75, 3.05) is 31.1 Å². The first-order valence-corrected chi connectivity index (χ1v) is 7.06. The summed E-state index contributed by atoms with van der Waals surface area (Å²) in [7, 11) is 0. The number of hydrogen-bond acceptors (Lipinski definition) is 4. The standard InChI is InChI=1S/C15H21N3O/c1-4-13-17-14-11(3)15(10(2)9-12(14)19-13)18-7-5-16-6-8-18/h9,16H,4-8H2,1-3H3. The molecular formula is C15H21N3O. The summed E-state index contributed by atoms with van der Waals surface area (Å²) in [4.78, 5) is 7.08. The number of benzene rings is 1. The smallest absolute Gasteiger partial charge is 0.195 e. The minimum atomic E-state index is 0.829. The fraction of sp³-hybridized carbons (Fsp3) is 0.533. The van der Waals surface area contributed by atoms with Crippen molar-refractivity contribution < 1.29 is 4.42 Å². The SMILES string of the molecule is CCc1nc2c(C)c(N3CCNCC3)c(C)cc2o1. The molecule has 0 atom stereocenters. The Morgan fingerprint density at radius 3 is 2.74 bits per heavy atom. The van der Waals surface area contributed by atoms with E-state index in [-0.39, 0.29) is 0 Å². The number of fused-ring (bicyclic) bond motifs is 1. The van der Waals surface area contributed by atoms with E-state index in [0.29, 0.717) is 0 Å². The molecule has 0 saturated carbocycles. The molecular weight excluding hydrogens is 238 g/mol. The molecule has 2 heterocycles. The summed E-state index contributed by atoms with van der Waals surface area (Å²) >= 11 is 0. The van der Waals surface area contributed by atoms with Crippen LogP contribution in [-0.4, -0.2) is 31.2 Å². The molecule has 1 fully saturated rings. The van der Waals surface area contributed by atoms with E-state index in [2.05, 4.69) is 42.0 Å². The molecule has 0 aliphatic carbocycles. The van der Waals surface area contributed by atoms with Gasteiger partial charge < -0.3 is 14.6 Å². The lowest BCUT2D eigenvalue weighted by Gasteiger charge is -2.32. The third-order valence-electron chi connectivity index (χ3n) is 3.86. The van der Waals surface area contributed by atoms with Crippen LogP contribution in [0.4, 0.5) is 5.69 Å². The molecule has 1 aliphatic heterocycles. The maximum Gasteiger partial charge on any atom is 0.195 e. The van der Waals surface area contributed by atoms with Gasteiger partial charge in [-0.1, -0.05) is 6.92 Å². The largest absolute Gasteiger partial charge is 0.441 e. The molecule has 3 rings (SSSR count). The molecule has 2 aromatic rings. The summed E-state index contributed by atoms with van der Waals surface area (Å²) < 4.78 is 5.78. The molecule has 4 heteroatoms. The van der Waals surface area contributed by atoms with Gasteiger partial charge in [0.05, 0.1) is 0 Å². The second-order valence-electron chi connectivity index (χ2n) is 5.21. The van der Waals surface area contributed by atoms with E-state index in [9.17, 15) is 0 Å². The summed E-state index contributed by atoms with van der Waals surface area (Å²) in [5, 5.41) is 3.40. The van der Waals surface area contributed by atoms with Crippen molar-refractivity contribution >= 4 is 16.8 Å². The Kier molecular flexibility index (Phi) is 3.19. The number of nitrogens with one attached hydrogen (secondary N) is 1. The third kappa shape index (κ3) is 2.10. The fourth-order valence-corrected chi connectivity index (χ4v) is 2.94. The van der Waals surface area contributed by atoms with Crippen molar-refractivity contribution in [3.05, 3.63) is 23.1 Å². The molecule has 0 amide bonds. The zero-order valence-electron chi connectivity index (χ0n) is 11.9. The Hall–Kier alpha value is -1.55. The maximum absolute atomic E-state index is 5.78. The van der Waals surface area contributed by atoms with Crippen molar-refractivity contribution in [3.63, 3.8) is 0 Å². The van der Waals surface area contributed by atoms with Crippen molar-refractivity contribution in [2.24, 2.45) is 0 Å². The van der Waals surface area contributed by atoms with E-state index in [1.807, 2.05) is 0 Å². The number of rotatable bonds is 2. The van der Waals surface area contributed by atoms with Crippen LogP contribution in [0.25, 0.3) is 11.1 Å². The van der Waals surface area contributed by atoms with Gasteiger partial charge in [0.2, 0.25) is 0 Å². The Morgan fingerprint density at radius 1 is 1.32 bits per heavy atom. The fourth-order valence-electron chi connectivity index (χ4n) is 2.94. The third-order valence-corrected chi connectivity index (χ3v) is 3.86. The number of oxazole rings is 1. The van der Waals surface area contributed by atoms with Crippen molar-refractivity contribution in [2.45, 2.75) is 27.2 Å². The van der Waals surface area contributed by atoms with E-state index < -0.39 is 0 Å². The van der Waals surface area contributed by atoms with Gasteiger partial charge in [0, 0.05) is 43.9 Å². The predicted octanol–water partition coefficient (Wildman–Crippen LogP) is 2.42. The number of nitrogens with zero attached hydrogens (tertiary/aromatic N) is 2. The summed E-state index contributed by atoms with van der Waals surface area (Å²) in [6.07, 6.45) is 0.843. The molecule has 1 aromatic heterocycles. The molecule has 102 valence electrons. The maximum atomic E-state index is 5.78. The highest BCUT2D eigenvalue weighted by atomic mass is 16.3. The van der Waals surface area contributed by atoms with Gasteiger partial charge >= 0.3 is 0 Å². The second kappa shape index (κ2) is 4.85. The minimum Gasteiger partial charge on any atom is -0.441 e. The first-order chi connectivity index (χ1) is 9.20. The Morgan fingerprint density at radius 2 is 2.05 bits per heavy atom. The lowest BCUT2D eigenvalue weighted by atomic mass is 10.1. The van der Waals surface area contributed by atoms with Crippen LogP contribution in [0.2, 0.25) is 0 Å². The van der Waals surface area contributed by atoms with Gasteiger partial charge in [0.15, 0.2) is 11.5 Å². The van der Waals surface area contributed by atoms with Crippen molar-refractivity contribution in [1.29, 1.82) is 0 Å². The molecule has 1 saturated heterocycles. The lowest BCUT2D eigenvalue weighted by molar-refractivity contribution is 0.538. The molecule has 19 heavy (non-hydrogen) atoms. The number of piperazine rings is 1. The number of anilines is 1. The van der Waals surface area contributed by atoms with E-state index in [1.165, 1.54) is 16.8 Å². The molecule has 1 aliphatic rings. The molecule has 0 radical (unpaired) electrons. The van der Waals surface area contributed by atoms with E-state index in [4.69, 9.17) is 4.42 Å². The normalized spacial score (nSPS) is 16.3. The lowest BCUT2D eigenvalue weighted by Crippen LogP contribution is -2.44. The molecule has 0 unspecified atom stereocenters. The molecule has 4 nitrogen and oxygen atoms in total. The number of aromatic nitrogens is 1. The summed E-state index contributed by atoms with van der Waals surface area (Å²) in [6.45, 7) is 10.6. The predicted molar refractivity (Wildman–Crippen MR) is 77.9 cm³/mol. The Balaban J connectivity index is 2.12. The summed E-state index contributed by atoms with van der Waals surface area (Å²) in [5.41, 5.74) is 5.82. The first-order valence-electron chi connectivity index (χ1n) is 7.06. The topological polar surface area (TPSA) is 41.3 Å². The van der Waals surface area contributed by atoms with Gasteiger partial charge in [-0.2, -0.15) is 0 Å². The second-order valence-corrected chi connectivity index (χ2v) is 5.21. The van der Waals surface area contributed by atoms with Gasteiger partial charge in [-0.05, 0) is 25.5 Å². The molecule has 0 bridgehead atoms. The van der Waals surface area contributed by atoms with Gasteiger partial charge in [-0.3, -0.25) is 0 Å². The van der Waals surface area contributed by atoms with Gasteiger partial charge in [-0.15, -0.1) is 0 Å². The van der Waals surface area contributed by atoms with Gasteiger partial charge in [0.25, 0.3) is 0 Å². The minimum absolute atomic E-state index is 0.829. The van der Waals surface area contributed by atoms with Crippen LogP contribution in [0.1, 0.15) is 23.9 Å². The molecule has 0 spiro atoms. The zero-order chi connectivity index (χ0) is 13.4. The highest BCUT2D eigenvalue weighted by Crippen LogP contribution is 2.32. The van der Waals surface area contributed by atoms with Gasteiger partial charge in [-0.25, -0.2) is 4.98 Å².